The molecular formula is C22H26N2O6. The first-order valence-electron chi connectivity index (χ1n) is 9.71. The van der Waals surface area contributed by atoms with E-state index < -0.39 is 35.5 Å². The maximum absolute atomic E-state index is 11.8. The summed E-state index contributed by atoms with van der Waals surface area (Å²) in [5.41, 5.74) is -1.24. The second kappa shape index (κ2) is 8.73. The zero-order valence-corrected chi connectivity index (χ0v) is 16.4. The zero-order valence-electron chi connectivity index (χ0n) is 16.4. The first-order chi connectivity index (χ1) is 14.3. The highest BCUT2D eigenvalue weighted by Gasteiger charge is 2.59. The highest BCUT2D eigenvalue weighted by molar-refractivity contribution is 5.69. The molecule has 6 N–H and O–H groups in total. The number of hydrogen-bond acceptors (Lipinski definition) is 4. The Morgan fingerprint density at radius 1 is 0.733 bits per heavy atom. The van der Waals surface area contributed by atoms with Crippen LogP contribution in [0.1, 0.15) is 24.0 Å². The fraction of sp³-hybridized carbons (Fsp3) is 0.364. The van der Waals surface area contributed by atoms with Crippen molar-refractivity contribution in [1.29, 1.82) is 0 Å². The van der Waals surface area contributed by atoms with Gasteiger partial charge < -0.3 is 31.1 Å². The maximum Gasteiger partial charge on any atom is 0.405 e. The van der Waals surface area contributed by atoms with E-state index in [1.165, 1.54) is 0 Å². The number of aliphatic hydroxyl groups excluding tert-OH is 2. The average molecular weight is 414 g/mol. The van der Waals surface area contributed by atoms with Crippen LogP contribution in [0.4, 0.5) is 9.59 Å². The maximum atomic E-state index is 11.8. The lowest BCUT2D eigenvalue weighted by molar-refractivity contribution is -0.0817. The van der Waals surface area contributed by atoms with Gasteiger partial charge in [-0.15, -0.1) is 0 Å². The normalized spacial score (nSPS) is 28.5. The lowest BCUT2D eigenvalue weighted by atomic mass is 9.60. The second-order valence-electron chi connectivity index (χ2n) is 7.89. The minimum absolute atomic E-state index is 0.136. The topological polar surface area (TPSA) is 139 Å². The number of aliphatic hydroxyl groups is 2. The number of benzene rings is 2. The summed E-state index contributed by atoms with van der Waals surface area (Å²) in [7, 11) is 0. The lowest BCUT2D eigenvalue weighted by Gasteiger charge is -2.56. The summed E-state index contributed by atoms with van der Waals surface area (Å²) in [6.07, 6.45) is -5.11. The van der Waals surface area contributed by atoms with E-state index in [1.54, 1.807) is 24.3 Å². The Labute approximate surface area is 174 Å². The number of carbonyl (C=O) groups is 2. The summed E-state index contributed by atoms with van der Waals surface area (Å²) >= 11 is 0. The molecule has 0 saturated heterocycles. The molecule has 30 heavy (non-hydrogen) atoms. The zero-order chi connectivity index (χ0) is 21.8. The van der Waals surface area contributed by atoms with Gasteiger partial charge in [-0.2, -0.15) is 0 Å². The van der Waals surface area contributed by atoms with Crippen molar-refractivity contribution in [3.8, 4) is 0 Å². The standard InChI is InChI=1S/C22H26N2O6/c25-17-13-21(23-19(27)28,11-15-7-3-1-4-8-15)22(14-18(17)26,24-20(29)30)12-16-9-5-2-6-10-16/h1-10,17-18,23-26H,11-14H2,(H,27,28)(H,29,30)/t17-,18-,21-,22+/m0/s1. The molecule has 0 bridgehead atoms. The van der Waals surface area contributed by atoms with Crippen LogP contribution in [0.3, 0.4) is 0 Å². The molecule has 8 heteroatoms. The third kappa shape index (κ3) is 4.55. The number of nitrogens with one attached hydrogen (secondary N) is 2. The SMILES string of the molecule is O=C(O)N[C@]1(Cc2ccccc2)C[C@H](O)[C@@H](O)C[C@]1(Cc1ccccc1)NC(=O)O. The Bertz CT molecular complexity index is 804. The Kier molecular flexibility index (Phi) is 6.28. The van der Waals surface area contributed by atoms with Gasteiger partial charge in [0.25, 0.3) is 0 Å². The van der Waals surface area contributed by atoms with Crippen molar-refractivity contribution in [2.24, 2.45) is 0 Å². The van der Waals surface area contributed by atoms with Crippen molar-refractivity contribution in [2.45, 2.75) is 49.0 Å². The molecule has 1 fully saturated rings. The summed E-state index contributed by atoms with van der Waals surface area (Å²) in [6.45, 7) is 0. The Morgan fingerprint density at radius 3 is 1.37 bits per heavy atom. The monoisotopic (exact) mass is 414 g/mol. The van der Waals surface area contributed by atoms with Crippen LogP contribution in [-0.2, 0) is 12.8 Å². The van der Waals surface area contributed by atoms with E-state index >= 15 is 0 Å². The van der Waals surface area contributed by atoms with Crippen molar-refractivity contribution in [3.05, 3.63) is 71.8 Å². The smallest absolute Gasteiger partial charge is 0.405 e. The molecule has 3 rings (SSSR count). The van der Waals surface area contributed by atoms with Gasteiger partial charge in [0, 0.05) is 12.8 Å². The van der Waals surface area contributed by atoms with Crippen molar-refractivity contribution in [2.75, 3.05) is 0 Å². The van der Waals surface area contributed by atoms with Crippen molar-refractivity contribution in [1.82, 2.24) is 10.6 Å². The predicted molar refractivity (Wildman–Crippen MR) is 109 cm³/mol. The van der Waals surface area contributed by atoms with Gasteiger partial charge in [0.15, 0.2) is 0 Å². The fourth-order valence-corrected chi connectivity index (χ4v) is 4.59. The van der Waals surface area contributed by atoms with Crippen LogP contribution in [-0.4, -0.2) is 55.9 Å². The van der Waals surface area contributed by atoms with Gasteiger partial charge >= 0.3 is 12.2 Å². The average Bonchev–Trinajstić information content (AvgIpc) is 2.67. The van der Waals surface area contributed by atoms with Crippen LogP contribution in [0, 0.1) is 0 Å². The molecule has 0 heterocycles. The van der Waals surface area contributed by atoms with Gasteiger partial charge in [0.1, 0.15) is 0 Å². The molecule has 1 aliphatic carbocycles. The molecule has 0 aromatic heterocycles. The van der Waals surface area contributed by atoms with Crippen LogP contribution in [0.25, 0.3) is 0 Å². The summed E-state index contributed by atoms with van der Waals surface area (Å²) in [4.78, 5) is 23.7. The highest BCUT2D eigenvalue weighted by atomic mass is 16.4. The number of carboxylic acid groups (broad SMARTS) is 2. The molecule has 160 valence electrons. The van der Waals surface area contributed by atoms with E-state index in [9.17, 15) is 30.0 Å². The van der Waals surface area contributed by atoms with Crippen molar-refractivity contribution >= 4 is 12.2 Å². The Hall–Kier alpha value is -3.10. The molecule has 2 amide bonds. The van der Waals surface area contributed by atoms with Gasteiger partial charge in [-0.1, -0.05) is 60.7 Å². The van der Waals surface area contributed by atoms with E-state index in [4.69, 9.17) is 0 Å². The first-order valence-corrected chi connectivity index (χ1v) is 9.71. The number of rotatable bonds is 6. The molecule has 0 aliphatic heterocycles. The van der Waals surface area contributed by atoms with Gasteiger partial charge in [0.2, 0.25) is 0 Å². The molecule has 0 radical (unpaired) electrons. The van der Waals surface area contributed by atoms with Crippen LogP contribution in [0.2, 0.25) is 0 Å². The van der Waals surface area contributed by atoms with Crippen LogP contribution in [0.5, 0.6) is 0 Å². The van der Waals surface area contributed by atoms with E-state index in [2.05, 4.69) is 10.6 Å². The minimum atomic E-state index is -1.40. The van der Waals surface area contributed by atoms with Gasteiger partial charge in [-0.3, -0.25) is 0 Å². The molecule has 8 nitrogen and oxygen atoms in total. The fourth-order valence-electron chi connectivity index (χ4n) is 4.59. The van der Waals surface area contributed by atoms with Crippen molar-refractivity contribution < 1.29 is 30.0 Å². The van der Waals surface area contributed by atoms with E-state index in [1.807, 2.05) is 36.4 Å². The van der Waals surface area contributed by atoms with Gasteiger partial charge in [-0.25, -0.2) is 9.59 Å². The van der Waals surface area contributed by atoms with Gasteiger partial charge in [0.05, 0.1) is 23.3 Å². The second-order valence-corrected chi connectivity index (χ2v) is 7.89. The van der Waals surface area contributed by atoms with Crippen LogP contribution < -0.4 is 10.6 Å². The van der Waals surface area contributed by atoms with E-state index in [0.717, 1.165) is 11.1 Å². The van der Waals surface area contributed by atoms with Crippen LogP contribution >= 0.6 is 0 Å². The number of amides is 2. The minimum Gasteiger partial charge on any atom is -0.465 e. The molecule has 2 aromatic rings. The largest absolute Gasteiger partial charge is 0.465 e. The summed E-state index contributed by atoms with van der Waals surface area (Å²) in [6, 6.07) is 18.1. The summed E-state index contributed by atoms with van der Waals surface area (Å²) in [5.74, 6) is 0. The van der Waals surface area contributed by atoms with E-state index in [-0.39, 0.29) is 25.7 Å². The molecule has 0 unspecified atom stereocenters. The predicted octanol–water partition coefficient (Wildman–Crippen LogP) is 2.00. The lowest BCUT2D eigenvalue weighted by Crippen LogP contribution is -2.77. The number of hydrogen-bond donors (Lipinski definition) is 6. The molecule has 0 spiro atoms. The Balaban J connectivity index is 2.17. The molecule has 2 aromatic carbocycles. The molecule has 1 aliphatic rings. The van der Waals surface area contributed by atoms with Crippen LogP contribution in [0.15, 0.2) is 60.7 Å². The third-order valence-corrected chi connectivity index (χ3v) is 5.87. The quantitative estimate of drug-likeness (QED) is 0.427. The summed E-state index contributed by atoms with van der Waals surface area (Å²) < 4.78 is 0. The van der Waals surface area contributed by atoms with Gasteiger partial charge in [-0.05, 0) is 24.0 Å². The molecular weight excluding hydrogens is 388 g/mol. The third-order valence-electron chi connectivity index (χ3n) is 5.87. The molecule has 1 saturated carbocycles. The van der Waals surface area contributed by atoms with E-state index in [0.29, 0.717) is 0 Å². The summed E-state index contributed by atoms with van der Waals surface area (Å²) in [5, 5.41) is 45.3. The van der Waals surface area contributed by atoms with Crippen molar-refractivity contribution in [3.63, 3.8) is 0 Å². The molecule has 4 atom stereocenters. The highest BCUT2D eigenvalue weighted by Crippen LogP contribution is 2.42. The Morgan fingerprint density at radius 2 is 1.07 bits per heavy atom. The first kappa shape index (κ1) is 21.6.